The van der Waals surface area contributed by atoms with E-state index in [-0.39, 0.29) is 5.78 Å². The van der Waals surface area contributed by atoms with E-state index in [1.807, 2.05) is 24.3 Å². The zero-order chi connectivity index (χ0) is 18.1. The van der Waals surface area contributed by atoms with Crippen LogP contribution < -0.4 is 4.74 Å². The van der Waals surface area contributed by atoms with Gasteiger partial charge in [0.25, 0.3) is 0 Å². The molecule has 0 saturated carbocycles. The first-order valence-corrected chi connectivity index (χ1v) is 10.5. The highest BCUT2D eigenvalue weighted by Gasteiger charge is 2.23. The number of carbonyl (C=O) groups is 1. The van der Waals surface area contributed by atoms with E-state index >= 15 is 0 Å². The largest absolute Gasteiger partial charge is 0.497 e. The van der Waals surface area contributed by atoms with Gasteiger partial charge in [-0.25, -0.2) is 9.97 Å². The molecule has 2 aromatic heterocycles. The van der Waals surface area contributed by atoms with Crippen molar-refractivity contribution >= 4 is 39.1 Å². The Kier molecular flexibility index (Phi) is 4.96. The molecule has 0 saturated heterocycles. The van der Waals surface area contributed by atoms with Gasteiger partial charge in [0, 0.05) is 15.8 Å². The molecule has 4 nitrogen and oxygen atoms in total. The van der Waals surface area contributed by atoms with Crippen molar-refractivity contribution in [2.24, 2.45) is 5.92 Å². The van der Waals surface area contributed by atoms with Gasteiger partial charge in [0.2, 0.25) is 0 Å². The van der Waals surface area contributed by atoms with Gasteiger partial charge in [0.15, 0.2) is 5.78 Å². The van der Waals surface area contributed by atoms with Gasteiger partial charge >= 0.3 is 0 Å². The van der Waals surface area contributed by atoms with E-state index in [2.05, 4.69) is 16.9 Å². The number of rotatable bonds is 5. The number of hydrogen-bond acceptors (Lipinski definition) is 6. The van der Waals surface area contributed by atoms with E-state index in [4.69, 9.17) is 4.74 Å². The summed E-state index contributed by atoms with van der Waals surface area (Å²) in [7, 11) is 1.62. The molecule has 1 aromatic carbocycles. The molecule has 1 unspecified atom stereocenters. The van der Waals surface area contributed by atoms with Gasteiger partial charge in [0.05, 0.1) is 12.9 Å². The number of ether oxygens (including phenoxy) is 1. The molecule has 0 bridgehead atoms. The van der Waals surface area contributed by atoms with Gasteiger partial charge in [-0.05, 0) is 55.0 Å². The Morgan fingerprint density at radius 3 is 2.88 bits per heavy atom. The first-order chi connectivity index (χ1) is 12.7. The number of benzene rings is 1. The minimum atomic E-state index is 0.0992. The normalized spacial score (nSPS) is 16.5. The number of ketones is 1. The molecule has 0 fully saturated rings. The fraction of sp³-hybridized carbons (Fsp3) is 0.350. The number of carbonyl (C=O) groups excluding carboxylic acids is 1. The van der Waals surface area contributed by atoms with Crippen LogP contribution in [0.25, 0.3) is 10.2 Å². The lowest BCUT2D eigenvalue weighted by Crippen LogP contribution is -2.09. The lowest BCUT2D eigenvalue weighted by molar-refractivity contribution is 0.102. The Balaban J connectivity index is 1.56. The smallest absolute Gasteiger partial charge is 0.173 e. The van der Waals surface area contributed by atoms with Crippen molar-refractivity contribution < 1.29 is 9.53 Å². The number of hydrogen-bond donors (Lipinski definition) is 0. The molecule has 1 aliphatic carbocycles. The van der Waals surface area contributed by atoms with Crippen molar-refractivity contribution in [1.82, 2.24) is 9.97 Å². The standard InChI is InChI=1S/C20H20N2O2S2/c1-12-3-8-15-17(9-12)26-20-18(15)19(21-11-22-20)25-10-16(23)13-4-6-14(24-2)7-5-13/h4-7,11-12H,3,8-10H2,1-2H3. The Morgan fingerprint density at radius 2 is 2.12 bits per heavy atom. The molecule has 0 aliphatic heterocycles. The van der Waals surface area contributed by atoms with Crippen molar-refractivity contribution in [3.05, 3.63) is 46.6 Å². The van der Waals surface area contributed by atoms with Crippen LogP contribution in [0.5, 0.6) is 5.75 Å². The molecule has 26 heavy (non-hydrogen) atoms. The number of thioether (sulfide) groups is 1. The number of Topliss-reactive ketones (excluding diaryl/α,β-unsaturated/α-hetero) is 1. The average Bonchev–Trinajstić information content (AvgIpc) is 3.04. The molecule has 1 aliphatic rings. The Bertz CT molecular complexity index is 950. The molecule has 134 valence electrons. The third-order valence-corrected chi connectivity index (χ3v) is 6.96. The first-order valence-electron chi connectivity index (χ1n) is 8.71. The topological polar surface area (TPSA) is 52.1 Å². The molecule has 4 rings (SSSR count). The zero-order valence-electron chi connectivity index (χ0n) is 14.8. The first kappa shape index (κ1) is 17.5. The van der Waals surface area contributed by atoms with Crippen LogP contribution in [-0.4, -0.2) is 28.6 Å². The van der Waals surface area contributed by atoms with Gasteiger partial charge in [-0.2, -0.15) is 0 Å². The van der Waals surface area contributed by atoms with E-state index in [0.717, 1.165) is 34.4 Å². The van der Waals surface area contributed by atoms with Gasteiger partial charge in [-0.15, -0.1) is 11.3 Å². The summed E-state index contributed by atoms with van der Waals surface area (Å²) >= 11 is 3.30. The molecule has 0 N–H and O–H groups in total. The van der Waals surface area contributed by atoms with Crippen LogP contribution in [0.15, 0.2) is 35.6 Å². The summed E-state index contributed by atoms with van der Waals surface area (Å²) in [5, 5.41) is 2.11. The third kappa shape index (κ3) is 3.35. The van der Waals surface area contributed by atoms with Crippen LogP contribution in [-0.2, 0) is 12.8 Å². The van der Waals surface area contributed by atoms with Crippen molar-refractivity contribution in [2.45, 2.75) is 31.2 Å². The zero-order valence-corrected chi connectivity index (χ0v) is 16.5. The maximum absolute atomic E-state index is 12.5. The van der Waals surface area contributed by atoms with Crippen LogP contribution in [0.3, 0.4) is 0 Å². The van der Waals surface area contributed by atoms with Crippen molar-refractivity contribution in [1.29, 1.82) is 0 Å². The summed E-state index contributed by atoms with van der Waals surface area (Å²) in [6.07, 6.45) is 5.05. The second kappa shape index (κ2) is 7.37. The second-order valence-electron chi connectivity index (χ2n) is 6.65. The van der Waals surface area contributed by atoms with Gasteiger partial charge in [-0.1, -0.05) is 18.7 Å². The molecule has 1 atom stereocenters. The molecule has 2 heterocycles. The van der Waals surface area contributed by atoms with E-state index in [1.165, 1.54) is 34.0 Å². The van der Waals surface area contributed by atoms with Crippen LogP contribution in [0.4, 0.5) is 0 Å². The quantitative estimate of drug-likeness (QED) is 0.359. The molecule has 3 aromatic rings. The van der Waals surface area contributed by atoms with Crippen LogP contribution in [0, 0.1) is 5.92 Å². The monoisotopic (exact) mass is 384 g/mol. The van der Waals surface area contributed by atoms with Gasteiger partial charge in [-0.3, -0.25) is 4.79 Å². The second-order valence-corrected chi connectivity index (χ2v) is 8.70. The van der Waals surface area contributed by atoms with E-state index in [9.17, 15) is 4.79 Å². The number of aromatic nitrogens is 2. The van der Waals surface area contributed by atoms with Crippen molar-refractivity contribution in [3.8, 4) is 5.75 Å². The number of fused-ring (bicyclic) bond motifs is 3. The molecular formula is C20H20N2O2S2. The molecular weight excluding hydrogens is 364 g/mol. The van der Waals surface area contributed by atoms with Crippen LogP contribution in [0.1, 0.15) is 34.1 Å². The predicted octanol–water partition coefficient (Wildman–Crippen LogP) is 4.80. The summed E-state index contributed by atoms with van der Waals surface area (Å²) in [5.41, 5.74) is 2.10. The van der Waals surface area contributed by atoms with Crippen LogP contribution >= 0.6 is 23.1 Å². The molecule has 6 heteroatoms. The Morgan fingerprint density at radius 1 is 1.31 bits per heavy atom. The molecule has 0 radical (unpaired) electrons. The highest BCUT2D eigenvalue weighted by Crippen LogP contribution is 2.40. The number of thiophene rings is 1. The minimum Gasteiger partial charge on any atom is -0.497 e. The van der Waals surface area contributed by atoms with Gasteiger partial charge < -0.3 is 4.74 Å². The minimum absolute atomic E-state index is 0.0992. The fourth-order valence-electron chi connectivity index (χ4n) is 3.35. The van der Waals surface area contributed by atoms with Crippen molar-refractivity contribution in [3.63, 3.8) is 0 Å². The molecule has 0 spiro atoms. The maximum atomic E-state index is 12.5. The lowest BCUT2D eigenvalue weighted by atomic mass is 9.89. The summed E-state index contributed by atoms with van der Waals surface area (Å²) < 4.78 is 5.15. The third-order valence-electron chi connectivity index (χ3n) is 4.81. The number of methoxy groups -OCH3 is 1. The highest BCUT2D eigenvalue weighted by atomic mass is 32.2. The maximum Gasteiger partial charge on any atom is 0.173 e. The van der Waals surface area contributed by atoms with E-state index < -0.39 is 0 Å². The number of aryl methyl sites for hydroxylation is 1. The Hall–Kier alpha value is -1.92. The molecule has 0 amide bonds. The summed E-state index contributed by atoms with van der Waals surface area (Å²) in [6.45, 7) is 2.31. The van der Waals surface area contributed by atoms with Gasteiger partial charge in [0.1, 0.15) is 21.9 Å². The van der Waals surface area contributed by atoms with E-state index in [1.54, 1.807) is 24.8 Å². The average molecular weight is 385 g/mol. The summed E-state index contributed by atoms with van der Waals surface area (Å²) in [6, 6.07) is 7.25. The van der Waals surface area contributed by atoms with E-state index in [0.29, 0.717) is 11.3 Å². The predicted molar refractivity (Wildman–Crippen MR) is 107 cm³/mol. The fourth-order valence-corrected chi connectivity index (χ4v) is 5.69. The summed E-state index contributed by atoms with van der Waals surface area (Å²) in [5.74, 6) is 1.96. The Labute approximate surface area is 161 Å². The van der Waals surface area contributed by atoms with Crippen molar-refractivity contribution in [2.75, 3.05) is 12.9 Å². The lowest BCUT2D eigenvalue weighted by Gasteiger charge is -2.18. The van der Waals surface area contributed by atoms with Crippen LogP contribution in [0.2, 0.25) is 0 Å². The SMILES string of the molecule is COc1ccc(C(=O)CSc2ncnc3sc4c(c23)CCC(C)C4)cc1. The summed E-state index contributed by atoms with van der Waals surface area (Å²) in [4.78, 5) is 24.0. The highest BCUT2D eigenvalue weighted by molar-refractivity contribution is 8.00. The number of nitrogens with zero attached hydrogens (tertiary/aromatic N) is 2.